The molecule has 0 radical (unpaired) electrons. The smallest absolute Gasteiger partial charge is 0.349 e. The first-order valence-electron chi connectivity index (χ1n) is 11.8. The summed E-state index contributed by atoms with van der Waals surface area (Å²) >= 11 is 0. The Hall–Kier alpha value is -2.34. The molecule has 2 aliphatic rings. The molecule has 1 aromatic carbocycles. The molecule has 2 fully saturated rings. The van der Waals surface area contributed by atoms with Crippen LogP contribution in [0.5, 0.6) is 0 Å². The van der Waals surface area contributed by atoms with Crippen LogP contribution in [-0.2, 0) is 17.1 Å². The summed E-state index contributed by atoms with van der Waals surface area (Å²) in [5, 5.41) is 7.62. The minimum absolute atomic E-state index is 0.00177. The maximum absolute atomic E-state index is 13.0. The molecule has 1 aliphatic heterocycles. The summed E-state index contributed by atoms with van der Waals surface area (Å²) in [6.07, 6.45) is -4.22. The van der Waals surface area contributed by atoms with Crippen LogP contribution in [0.4, 0.5) is 26.3 Å². The van der Waals surface area contributed by atoms with Gasteiger partial charge in [0.05, 0.1) is 17.7 Å². The van der Waals surface area contributed by atoms with Crippen molar-refractivity contribution in [2.75, 3.05) is 26.2 Å². The van der Waals surface area contributed by atoms with Crippen LogP contribution in [0.1, 0.15) is 66.4 Å². The lowest BCUT2D eigenvalue weighted by Crippen LogP contribution is -2.48. The zero-order valence-corrected chi connectivity index (χ0v) is 19.2. The summed E-state index contributed by atoms with van der Waals surface area (Å²) in [7, 11) is 0. The summed E-state index contributed by atoms with van der Waals surface area (Å²) in [4.78, 5) is 24.5. The molecule has 3 N–H and O–H groups in total. The van der Waals surface area contributed by atoms with Crippen LogP contribution in [0.2, 0.25) is 0 Å². The number of alkyl halides is 6. The number of rotatable bonds is 7. The van der Waals surface area contributed by atoms with E-state index in [0.29, 0.717) is 44.4 Å². The molecule has 196 valence electrons. The van der Waals surface area contributed by atoms with Crippen LogP contribution < -0.4 is 16.1 Å². The van der Waals surface area contributed by atoms with Crippen LogP contribution in [0.15, 0.2) is 18.2 Å². The molecule has 1 aliphatic carbocycles. The number of nitrogens with zero attached hydrogens (tertiary/aromatic N) is 1. The Morgan fingerprint density at radius 3 is 1.97 bits per heavy atom. The predicted octanol–water partition coefficient (Wildman–Crippen LogP) is 4.12. The van der Waals surface area contributed by atoms with Gasteiger partial charge in [-0.3, -0.25) is 15.0 Å². The van der Waals surface area contributed by atoms with Crippen molar-refractivity contribution in [2.45, 2.75) is 63.3 Å². The summed E-state index contributed by atoms with van der Waals surface area (Å²) in [5.41, 5.74) is -0.834. The van der Waals surface area contributed by atoms with Crippen LogP contribution in [0, 0.1) is 5.92 Å². The van der Waals surface area contributed by atoms with Gasteiger partial charge in [0.25, 0.3) is 5.91 Å². The zero-order chi connectivity index (χ0) is 25.6. The quantitative estimate of drug-likeness (QED) is 0.485. The number of halogens is 6. The molecular formula is C23H30F6N4O2. The molecule has 1 saturated carbocycles. The van der Waals surface area contributed by atoms with Gasteiger partial charge in [-0.25, -0.2) is 5.01 Å². The van der Waals surface area contributed by atoms with Crippen molar-refractivity contribution in [3.63, 3.8) is 0 Å². The van der Waals surface area contributed by atoms with Crippen molar-refractivity contribution in [2.24, 2.45) is 5.92 Å². The second-order valence-corrected chi connectivity index (χ2v) is 9.20. The normalized spacial score (nSPS) is 22.0. The lowest BCUT2D eigenvalue weighted by molar-refractivity contribution is -0.143. The van der Waals surface area contributed by atoms with E-state index in [-0.39, 0.29) is 30.5 Å². The van der Waals surface area contributed by atoms with Gasteiger partial charge >= 0.3 is 12.4 Å². The third-order valence-electron chi connectivity index (χ3n) is 6.39. The Balaban J connectivity index is 1.45. The fourth-order valence-electron chi connectivity index (χ4n) is 4.48. The van der Waals surface area contributed by atoms with Crippen LogP contribution >= 0.6 is 0 Å². The fraction of sp³-hybridized carbons (Fsp3) is 0.652. The van der Waals surface area contributed by atoms with Gasteiger partial charge in [0.15, 0.2) is 0 Å². The van der Waals surface area contributed by atoms with Gasteiger partial charge in [-0.2, -0.15) is 26.3 Å². The number of benzene rings is 1. The van der Waals surface area contributed by atoms with Gasteiger partial charge in [0.1, 0.15) is 0 Å². The molecule has 2 amide bonds. The molecule has 3 rings (SSSR count). The molecule has 0 atom stereocenters. The highest BCUT2D eigenvalue weighted by Gasteiger charge is 2.37. The van der Waals surface area contributed by atoms with Crippen molar-refractivity contribution < 1.29 is 35.9 Å². The second-order valence-electron chi connectivity index (χ2n) is 9.20. The average molecular weight is 509 g/mol. The molecule has 0 spiro atoms. The second kappa shape index (κ2) is 11.6. The van der Waals surface area contributed by atoms with E-state index in [1.54, 1.807) is 0 Å². The van der Waals surface area contributed by atoms with Gasteiger partial charge in [-0.15, -0.1) is 0 Å². The van der Waals surface area contributed by atoms with E-state index in [1.165, 1.54) is 6.42 Å². The average Bonchev–Trinajstić information content (AvgIpc) is 2.79. The Morgan fingerprint density at radius 1 is 0.857 bits per heavy atom. The van der Waals surface area contributed by atoms with Gasteiger partial charge < -0.3 is 10.6 Å². The topological polar surface area (TPSA) is 73.5 Å². The molecule has 12 heteroatoms. The Morgan fingerprint density at radius 2 is 1.43 bits per heavy atom. The number of hydrogen-bond donors (Lipinski definition) is 3. The molecular weight excluding hydrogens is 478 g/mol. The van der Waals surface area contributed by atoms with Gasteiger partial charge in [-0.05, 0) is 69.2 Å². The fourth-order valence-corrected chi connectivity index (χ4v) is 4.48. The molecule has 6 nitrogen and oxygen atoms in total. The molecule has 1 heterocycles. The van der Waals surface area contributed by atoms with Gasteiger partial charge in [0.2, 0.25) is 5.91 Å². The Kier molecular flexibility index (Phi) is 9.03. The minimum atomic E-state index is -5.01. The van der Waals surface area contributed by atoms with E-state index >= 15 is 0 Å². The molecule has 0 bridgehead atoms. The van der Waals surface area contributed by atoms with E-state index in [9.17, 15) is 35.9 Å². The number of nitrogens with one attached hydrogen (secondary N) is 3. The van der Waals surface area contributed by atoms with Crippen LogP contribution in [-0.4, -0.2) is 49.0 Å². The number of carbonyl (C=O) groups is 2. The standard InChI is InChI=1S/C23H30F6N4O2/c24-22(25,26)17-10-16(11-18(12-17)23(27,28)29)21(35)31-19-6-4-15(5-7-19)13-30-14-20(34)32-33-8-2-1-3-9-33/h10-12,15,19,30H,1-9,13-14H2,(H,31,35)(H,32,34). The van der Waals surface area contributed by atoms with E-state index in [0.717, 1.165) is 25.9 Å². The SMILES string of the molecule is O=C(CNCC1CCC(NC(=O)c2cc(C(F)(F)F)cc(C(F)(F)F)c2)CC1)NN1CCCCC1. The highest BCUT2D eigenvalue weighted by molar-refractivity contribution is 5.94. The third-order valence-corrected chi connectivity index (χ3v) is 6.39. The number of hydrazine groups is 1. The lowest BCUT2D eigenvalue weighted by Gasteiger charge is -2.30. The summed E-state index contributed by atoms with van der Waals surface area (Å²) < 4.78 is 78.2. The lowest BCUT2D eigenvalue weighted by atomic mass is 9.86. The van der Waals surface area contributed by atoms with Gasteiger partial charge in [-0.1, -0.05) is 6.42 Å². The zero-order valence-electron chi connectivity index (χ0n) is 19.2. The highest BCUT2D eigenvalue weighted by Crippen LogP contribution is 2.36. The van der Waals surface area contributed by atoms with E-state index in [1.807, 2.05) is 5.01 Å². The predicted molar refractivity (Wildman–Crippen MR) is 116 cm³/mol. The highest BCUT2D eigenvalue weighted by atomic mass is 19.4. The first-order valence-corrected chi connectivity index (χ1v) is 11.8. The van der Waals surface area contributed by atoms with Crippen molar-refractivity contribution in [3.8, 4) is 0 Å². The maximum Gasteiger partial charge on any atom is 0.416 e. The number of piperidine rings is 1. The molecule has 1 saturated heterocycles. The van der Waals surface area contributed by atoms with Crippen LogP contribution in [0.25, 0.3) is 0 Å². The van der Waals surface area contributed by atoms with Crippen molar-refractivity contribution in [1.82, 2.24) is 21.1 Å². The number of hydrogen-bond acceptors (Lipinski definition) is 4. The molecule has 35 heavy (non-hydrogen) atoms. The van der Waals surface area contributed by atoms with Crippen molar-refractivity contribution in [1.29, 1.82) is 0 Å². The van der Waals surface area contributed by atoms with E-state index < -0.39 is 35.0 Å². The summed E-state index contributed by atoms with van der Waals surface area (Å²) in [6, 6.07) is 0.538. The van der Waals surface area contributed by atoms with Gasteiger partial charge in [0, 0.05) is 24.7 Å². The minimum Gasteiger partial charge on any atom is -0.349 e. The summed E-state index contributed by atoms with van der Waals surface area (Å²) in [5.74, 6) is -0.805. The van der Waals surface area contributed by atoms with E-state index in [4.69, 9.17) is 0 Å². The van der Waals surface area contributed by atoms with Crippen molar-refractivity contribution >= 4 is 11.8 Å². The molecule has 0 unspecified atom stereocenters. The summed E-state index contributed by atoms with van der Waals surface area (Å²) in [6.45, 7) is 2.49. The Labute approximate surface area is 199 Å². The maximum atomic E-state index is 13.0. The number of amides is 2. The molecule has 0 aromatic heterocycles. The number of carbonyl (C=O) groups excluding carboxylic acids is 2. The van der Waals surface area contributed by atoms with Crippen LogP contribution in [0.3, 0.4) is 0 Å². The molecule has 1 aromatic rings. The van der Waals surface area contributed by atoms with E-state index in [2.05, 4.69) is 16.1 Å². The van der Waals surface area contributed by atoms with Crippen molar-refractivity contribution in [3.05, 3.63) is 34.9 Å². The third kappa shape index (κ3) is 8.38. The first-order chi connectivity index (χ1) is 16.4. The monoisotopic (exact) mass is 508 g/mol. The Bertz CT molecular complexity index is 843. The largest absolute Gasteiger partial charge is 0.416 e. The first kappa shape index (κ1) is 27.3.